The minimum absolute atomic E-state index is 0.00940. The number of piperidine rings is 1. The van der Waals surface area contributed by atoms with E-state index in [0.29, 0.717) is 24.1 Å². The summed E-state index contributed by atoms with van der Waals surface area (Å²) in [5.74, 6) is -0.601. The van der Waals surface area contributed by atoms with Gasteiger partial charge in [0.1, 0.15) is 0 Å². The maximum Gasteiger partial charge on any atom is 0.237 e. The fraction of sp³-hybridized carbons (Fsp3) is 0.667. The molecule has 1 N–H and O–H groups in total. The van der Waals surface area contributed by atoms with Crippen LogP contribution in [0.1, 0.15) is 39.5 Å². The first kappa shape index (κ1) is 20.1. The predicted octanol–water partition coefficient (Wildman–Crippen LogP) is 3.42. The van der Waals surface area contributed by atoms with Crippen LogP contribution in [0.4, 0.5) is 14.5 Å². The molecule has 3 rings (SSSR count). The van der Waals surface area contributed by atoms with E-state index in [9.17, 15) is 13.6 Å². The Kier molecular flexibility index (Phi) is 6.68. The molecule has 2 aliphatic heterocycles. The smallest absolute Gasteiger partial charge is 0.237 e. The summed E-state index contributed by atoms with van der Waals surface area (Å²) in [5.41, 5.74) is 0.707. The summed E-state index contributed by atoms with van der Waals surface area (Å²) in [4.78, 5) is 17.1. The third-order valence-electron chi connectivity index (χ3n) is 5.64. The van der Waals surface area contributed by atoms with E-state index < -0.39 is 11.6 Å². The summed E-state index contributed by atoms with van der Waals surface area (Å²) >= 11 is 0. The van der Waals surface area contributed by atoms with E-state index >= 15 is 0 Å². The van der Waals surface area contributed by atoms with Crippen LogP contribution in [0, 0.1) is 23.5 Å². The van der Waals surface area contributed by atoms with Gasteiger partial charge in [0.2, 0.25) is 5.91 Å². The quantitative estimate of drug-likeness (QED) is 0.823. The van der Waals surface area contributed by atoms with Crippen molar-refractivity contribution in [2.75, 3.05) is 37.6 Å². The molecule has 0 spiro atoms. The van der Waals surface area contributed by atoms with Crippen molar-refractivity contribution in [2.24, 2.45) is 11.8 Å². The molecule has 4 nitrogen and oxygen atoms in total. The minimum Gasteiger partial charge on any atom is -0.371 e. The molecule has 1 aromatic rings. The summed E-state index contributed by atoms with van der Waals surface area (Å²) in [7, 11) is 0. The van der Waals surface area contributed by atoms with Crippen LogP contribution in [0.2, 0.25) is 0 Å². The number of nitrogens with one attached hydrogen (secondary N) is 1. The van der Waals surface area contributed by atoms with Crippen molar-refractivity contribution in [1.29, 1.82) is 0 Å². The molecule has 2 heterocycles. The Hall–Kier alpha value is -1.69. The number of amides is 1. The summed E-state index contributed by atoms with van der Waals surface area (Å²) < 4.78 is 26.6. The van der Waals surface area contributed by atoms with Gasteiger partial charge in [-0.15, -0.1) is 0 Å². The van der Waals surface area contributed by atoms with Crippen molar-refractivity contribution in [1.82, 2.24) is 10.2 Å². The van der Waals surface area contributed by atoms with Gasteiger partial charge in [0.05, 0.1) is 6.04 Å². The number of carbonyl (C=O) groups excluding carboxylic acids is 1. The van der Waals surface area contributed by atoms with Crippen LogP contribution in [0.25, 0.3) is 0 Å². The van der Waals surface area contributed by atoms with Gasteiger partial charge < -0.3 is 10.2 Å². The van der Waals surface area contributed by atoms with Gasteiger partial charge in [0.15, 0.2) is 11.6 Å². The fourth-order valence-corrected chi connectivity index (χ4v) is 4.25. The molecule has 0 unspecified atom stereocenters. The van der Waals surface area contributed by atoms with E-state index in [-0.39, 0.29) is 11.9 Å². The first-order valence-electron chi connectivity index (χ1n) is 10.2. The van der Waals surface area contributed by atoms with E-state index in [1.54, 1.807) is 6.07 Å². The number of rotatable bonds is 6. The molecule has 0 aliphatic carbocycles. The normalized spacial score (nSPS) is 23.8. The molecular formula is C21H31F2N3O. The molecular weight excluding hydrogens is 348 g/mol. The summed E-state index contributed by atoms with van der Waals surface area (Å²) in [6, 6.07) is 4.03. The van der Waals surface area contributed by atoms with Crippen LogP contribution in [-0.4, -0.2) is 49.6 Å². The lowest BCUT2D eigenvalue weighted by Gasteiger charge is -2.35. The molecule has 150 valence electrons. The van der Waals surface area contributed by atoms with Crippen molar-refractivity contribution < 1.29 is 13.6 Å². The molecule has 1 aromatic carbocycles. The zero-order chi connectivity index (χ0) is 19.4. The average Bonchev–Trinajstić information content (AvgIpc) is 3.11. The highest BCUT2D eigenvalue weighted by molar-refractivity contribution is 5.81. The van der Waals surface area contributed by atoms with Crippen molar-refractivity contribution in [3.05, 3.63) is 29.8 Å². The van der Waals surface area contributed by atoms with Crippen molar-refractivity contribution in [3.8, 4) is 0 Å². The van der Waals surface area contributed by atoms with Gasteiger partial charge in [0.25, 0.3) is 0 Å². The third-order valence-corrected chi connectivity index (χ3v) is 5.64. The second-order valence-electron chi connectivity index (χ2n) is 8.34. The molecule has 0 bridgehead atoms. The monoisotopic (exact) mass is 379 g/mol. The highest BCUT2D eigenvalue weighted by atomic mass is 19.2. The van der Waals surface area contributed by atoms with Crippen LogP contribution in [0.15, 0.2) is 18.2 Å². The number of benzene rings is 1. The molecule has 2 fully saturated rings. The number of hydrogen-bond acceptors (Lipinski definition) is 3. The lowest BCUT2D eigenvalue weighted by Crippen LogP contribution is -2.51. The zero-order valence-electron chi connectivity index (χ0n) is 16.4. The van der Waals surface area contributed by atoms with Gasteiger partial charge in [-0.1, -0.05) is 20.3 Å². The maximum atomic E-state index is 13.5. The Morgan fingerprint density at radius 3 is 2.74 bits per heavy atom. The van der Waals surface area contributed by atoms with Crippen molar-refractivity contribution in [2.45, 2.75) is 45.6 Å². The molecule has 27 heavy (non-hydrogen) atoms. The summed E-state index contributed by atoms with van der Waals surface area (Å²) in [6.45, 7) is 8.55. The predicted molar refractivity (Wildman–Crippen MR) is 104 cm³/mol. The first-order chi connectivity index (χ1) is 12.9. The number of halogens is 2. The van der Waals surface area contributed by atoms with Crippen LogP contribution in [0.5, 0.6) is 0 Å². The molecule has 1 amide bonds. The van der Waals surface area contributed by atoms with E-state index in [2.05, 4.69) is 29.0 Å². The Labute approximate surface area is 160 Å². The summed E-state index contributed by atoms with van der Waals surface area (Å²) in [5, 5.41) is 3.15. The van der Waals surface area contributed by atoms with Gasteiger partial charge in [-0.2, -0.15) is 0 Å². The van der Waals surface area contributed by atoms with Crippen LogP contribution < -0.4 is 10.2 Å². The molecule has 2 aliphatic rings. The Balaban J connectivity index is 1.49. The Bertz CT molecular complexity index is 652. The van der Waals surface area contributed by atoms with Gasteiger partial charge in [-0.3, -0.25) is 9.69 Å². The zero-order valence-corrected chi connectivity index (χ0v) is 16.4. The number of likely N-dealkylation sites (tertiary alicyclic amines) is 1. The number of carbonyl (C=O) groups is 1. The highest BCUT2D eigenvalue weighted by Crippen LogP contribution is 2.25. The van der Waals surface area contributed by atoms with E-state index in [1.807, 2.05) is 0 Å². The SMILES string of the molecule is CC(C)CN1CCCC[C@@H]1C(=O)NC[C@H]1CCN(c2ccc(F)c(F)c2)C1. The van der Waals surface area contributed by atoms with Gasteiger partial charge in [-0.05, 0) is 49.8 Å². The van der Waals surface area contributed by atoms with Crippen molar-refractivity contribution >= 4 is 11.6 Å². The lowest BCUT2D eigenvalue weighted by molar-refractivity contribution is -0.128. The van der Waals surface area contributed by atoms with Crippen LogP contribution >= 0.6 is 0 Å². The van der Waals surface area contributed by atoms with E-state index in [1.165, 1.54) is 18.6 Å². The number of anilines is 1. The molecule has 2 atom stereocenters. The second-order valence-corrected chi connectivity index (χ2v) is 8.34. The molecule has 0 saturated carbocycles. The number of nitrogens with zero attached hydrogens (tertiary/aromatic N) is 2. The fourth-order valence-electron chi connectivity index (χ4n) is 4.25. The van der Waals surface area contributed by atoms with Gasteiger partial charge in [-0.25, -0.2) is 8.78 Å². The van der Waals surface area contributed by atoms with Crippen molar-refractivity contribution in [3.63, 3.8) is 0 Å². The van der Waals surface area contributed by atoms with E-state index in [0.717, 1.165) is 45.4 Å². The second kappa shape index (κ2) is 9.00. The Morgan fingerprint density at radius 2 is 2.00 bits per heavy atom. The standard InChI is InChI=1S/C21H31F2N3O/c1-15(2)13-26-9-4-3-5-20(26)21(27)24-12-16-8-10-25(14-16)17-6-7-18(22)19(23)11-17/h6-7,11,15-16,20H,3-5,8-10,12-14H2,1-2H3,(H,24,27)/t16-,20-/m1/s1. The number of hydrogen-bond donors (Lipinski definition) is 1. The van der Waals surface area contributed by atoms with Crippen LogP contribution in [0.3, 0.4) is 0 Å². The van der Waals surface area contributed by atoms with Gasteiger partial charge >= 0.3 is 0 Å². The first-order valence-corrected chi connectivity index (χ1v) is 10.2. The Morgan fingerprint density at radius 1 is 1.19 bits per heavy atom. The maximum absolute atomic E-state index is 13.5. The molecule has 2 saturated heterocycles. The third kappa shape index (κ3) is 5.18. The summed E-state index contributed by atoms with van der Waals surface area (Å²) in [6.07, 6.45) is 4.16. The lowest BCUT2D eigenvalue weighted by atomic mass is 9.99. The molecule has 6 heteroatoms. The van der Waals surface area contributed by atoms with Crippen LogP contribution in [-0.2, 0) is 4.79 Å². The minimum atomic E-state index is -0.819. The molecule has 0 aromatic heterocycles. The van der Waals surface area contributed by atoms with E-state index in [4.69, 9.17) is 0 Å². The topological polar surface area (TPSA) is 35.6 Å². The largest absolute Gasteiger partial charge is 0.371 e. The highest BCUT2D eigenvalue weighted by Gasteiger charge is 2.30. The average molecular weight is 379 g/mol. The van der Waals surface area contributed by atoms with Gasteiger partial charge in [0, 0.05) is 37.9 Å². The molecule has 0 radical (unpaired) electrons.